The molecule has 0 saturated carbocycles. The van der Waals surface area contributed by atoms with E-state index in [0.29, 0.717) is 11.3 Å². The minimum Gasteiger partial charge on any atom is -0.347 e. The Balaban J connectivity index is 1.19. The zero-order chi connectivity index (χ0) is 25.8. The van der Waals surface area contributed by atoms with Crippen molar-refractivity contribution in [3.63, 3.8) is 0 Å². The molecular formula is C26H19F2N7O2. The molecule has 0 bridgehead atoms. The van der Waals surface area contributed by atoms with E-state index in [1.165, 1.54) is 18.5 Å². The number of carbonyl (C=O) groups is 2. The van der Waals surface area contributed by atoms with E-state index in [1.807, 2.05) is 24.3 Å². The zero-order valence-electron chi connectivity index (χ0n) is 19.1. The lowest BCUT2D eigenvalue weighted by atomic mass is 10.0. The number of hydrogen-bond donors (Lipinski definition) is 4. The molecule has 0 fully saturated rings. The van der Waals surface area contributed by atoms with Gasteiger partial charge in [0.05, 0.1) is 36.2 Å². The summed E-state index contributed by atoms with van der Waals surface area (Å²) in [5, 5.41) is 8.35. The Morgan fingerprint density at radius 3 is 2.73 bits per heavy atom. The number of nitrogens with one attached hydrogen (secondary N) is 4. The van der Waals surface area contributed by atoms with Gasteiger partial charge in [-0.2, -0.15) is 0 Å². The third-order valence-corrected chi connectivity index (χ3v) is 5.40. The van der Waals surface area contributed by atoms with E-state index in [9.17, 15) is 18.4 Å². The van der Waals surface area contributed by atoms with Gasteiger partial charge < -0.3 is 20.9 Å². The van der Waals surface area contributed by atoms with Crippen molar-refractivity contribution in [3.8, 4) is 0 Å². The summed E-state index contributed by atoms with van der Waals surface area (Å²) in [6.45, 7) is 0.218. The van der Waals surface area contributed by atoms with Crippen molar-refractivity contribution in [2.24, 2.45) is 0 Å². The first-order chi connectivity index (χ1) is 18.0. The van der Waals surface area contributed by atoms with Crippen molar-refractivity contribution in [2.75, 3.05) is 17.2 Å². The molecule has 2 aromatic heterocycles. The Morgan fingerprint density at radius 2 is 1.92 bits per heavy atom. The van der Waals surface area contributed by atoms with E-state index in [-0.39, 0.29) is 29.7 Å². The highest BCUT2D eigenvalue weighted by Crippen LogP contribution is 2.33. The fraction of sp³-hybridized carbons (Fsp3) is 0.0385. The Labute approximate surface area is 209 Å². The van der Waals surface area contributed by atoms with Gasteiger partial charge in [0, 0.05) is 29.5 Å². The van der Waals surface area contributed by atoms with Crippen LogP contribution in [0.2, 0.25) is 0 Å². The van der Waals surface area contributed by atoms with Gasteiger partial charge in [0.15, 0.2) is 11.6 Å². The number of H-pyrrole nitrogens is 1. The molecule has 3 heterocycles. The predicted molar refractivity (Wildman–Crippen MR) is 135 cm³/mol. The van der Waals surface area contributed by atoms with Crippen LogP contribution in [-0.4, -0.2) is 38.3 Å². The van der Waals surface area contributed by atoms with E-state index in [2.05, 4.69) is 35.9 Å². The molecule has 0 saturated heterocycles. The highest BCUT2D eigenvalue weighted by molar-refractivity contribution is 6.34. The smallest absolute Gasteiger partial charge is 0.271 e. The van der Waals surface area contributed by atoms with Gasteiger partial charge in [-0.05, 0) is 29.8 Å². The van der Waals surface area contributed by atoms with Crippen LogP contribution in [0.15, 0.2) is 67.4 Å². The van der Waals surface area contributed by atoms with E-state index >= 15 is 0 Å². The predicted octanol–water partition coefficient (Wildman–Crippen LogP) is 4.16. The Morgan fingerprint density at radius 1 is 1.03 bits per heavy atom. The molecule has 4 aromatic rings. The molecule has 1 aliphatic heterocycles. The Kier molecular flexibility index (Phi) is 6.49. The number of anilines is 3. The molecule has 2 amide bonds. The van der Waals surface area contributed by atoms with Crippen LogP contribution in [0.3, 0.4) is 0 Å². The summed E-state index contributed by atoms with van der Waals surface area (Å²) in [4.78, 5) is 39.9. The first-order valence-corrected chi connectivity index (χ1v) is 11.1. The number of benzene rings is 2. The third kappa shape index (κ3) is 5.40. The highest BCUT2D eigenvalue weighted by Gasteiger charge is 2.24. The summed E-state index contributed by atoms with van der Waals surface area (Å²) in [5.41, 5.74) is 3.93. The number of carbonyl (C=O) groups excluding carboxylic acids is 2. The summed E-state index contributed by atoms with van der Waals surface area (Å²) in [5.74, 6) is -2.42. The minimum atomic E-state index is -1.00. The first kappa shape index (κ1) is 23.5. The molecule has 0 aliphatic carbocycles. The Hall–Kier alpha value is -5.19. The third-order valence-electron chi connectivity index (χ3n) is 5.40. The molecular weight excluding hydrogens is 480 g/mol. The number of nitrogens with zero attached hydrogens (tertiary/aromatic N) is 3. The number of aromatic nitrogens is 4. The second kappa shape index (κ2) is 10.2. The average Bonchev–Trinajstić information content (AvgIpc) is 3.52. The van der Waals surface area contributed by atoms with Crippen molar-refractivity contribution in [1.29, 1.82) is 0 Å². The number of imidazole rings is 1. The van der Waals surface area contributed by atoms with Gasteiger partial charge in [-0.1, -0.05) is 24.3 Å². The van der Waals surface area contributed by atoms with Crippen molar-refractivity contribution >= 4 is 46.7 Å². The molecule has 11 heteroatoms. The normalized spacial score (nSPS) is 13.6. The van der Waals surface area contributed by atoms with Crippen LogP contribution in [-0.2, 0) is 4.79 Å². The largest absolute Gasteiger partial charge is 0.347 e. The van der Waals surface area contributed by atoms with E-state index < -0.39 is 17.5 Å². The van der Waals surface area contributed by atoms with E-state index in [1.54, 1.807) is 24.7 Å². The molecule has 0 atom stereocenters. The van der Waals surface area contributed by atoms with Crippen LogP contribution in [0, 0.1) is 11.6 Å². The Bertz CT molecular complexity index is 1550. The van der Waals surface area contributed by atoms with Crippen molar-refractivity contribution in [1.82, 2.24) is 25.3 Å². The molecule has 5 rings (SSSR count). The number of amides is 2. The van der Waals surface area contributed by atoms with Gasteiger partial charge in [-0.3, -0.25) is 14.6 Å². The fourth-order valence-electron chi connectivity index (χ4n) is 3.65. The second-order valence-corrected chi connectivity index (χ2v) is 7.98. The lowest BCUT2D eigenvalue weighted by Crippen LogP contribution is -2.24. The van der Waals surface area contributed by atoms with Crippen LogP contribution in [0.5, 0.6) is 0 Å². The molecule has 9 nitrogen and oxygen atoms in total. The SMILES string of the molecule is O=C1Nc2cc(/C=C/CNC(=O)c3cncc(Nc4ccc(F)c(F)c4)n3)ccc2/C1=C\c1cnc[nH]1. The molecule has 0 radical (unpaired) electrons. The van der Waals surface area contributed by atoms with Crippen molar-refractivity contribution < 1.29 is 18.4 Å². The molecule has 2 aromatic carbocycles. The van der Waals surface area contributed by atoms with Gasteiger partial charge in [0.1, 0.15) is 11.5 Å². The van der Waals surface area contributed by atoms with Crippen LogP contribution < -0.4 is 16.0 Å². The summed E-state index contributed by atoms with van der Waals surface area (Å²) < 4.78 is 26.5. The maximum atomic E-state index is 13.4. The first-order valence-electron chi connectivity index (χ1n) is 11.1. The average molecular weight is 499 g/mol. The van der Waals surface area contributed by atoms with Crippen LogP contribution in [0.4, 0.5) is 26.0 Å². The standard InChI is InChI=1S/C26H19F2N7O2/c27-20-6-4-16(10-21(20)28)33-24-13-29-12-23(34-24)26(37)31-7-1-2-15-3-5-18-19(9-17-11-30-14-32-17)25(36)35-22(18)8-15/h1-6,8-14H,7H2,(H,30,32)(H,31,37)(H,33,34)(H,35,36)/b2-1+,19-9+. The van der Waals surface area contributed by atoms with Crippen molar-refractivity contribution in [2.45, 2.75) is 0 Å². The van der Waals surface area contributed by atoms with Gasteiger partial charge in [0.25, 0.3) is 11.8 Å². The lowest BCUT2D eigenvalue weighted by Gasteiger charge is -2.07. The van der Waals surface area contributed by atoms with Gasteiger partial charge >= 0.3 is 0 Å². The summed E-state index contributed by atoms with van der Waals surface area (Å²) >= 11 is 0. The van der Waals surface area contributed by atoms with E-state index in [0.717, 1.165) is 29.0 Å². The number of rotatable bonds is 7. The monoisotopic (exact) mass is 499 g/mol. The maximum Gasteiger partial charge on any atom is 0.271 e. The molecule has 0 spiro atoms. The second-order valence-electron chi connectivity index (χ2n) is 7.98. The summed E-state index contributed by atoms with van der Waals surface area (Å²) in [7, 11) is 0. The van der Waals surface area contributed by atoms with Crippen molar-refractivity contribution in [3.05, 3.63) is 102 Å². The van der Waals surface area contributed by atoms with Crippen LogP contribution in [0.25, 0.3) is 17.7 Å². The van der Waals surface area contributed by atoms with E-state index in [4.69, 9.17) is 0 Å². The molecule has 4 N–H and O–H groups in total. The maximum absolute atomic E-state index is 13.4. The number of hydrogen-bond acceptors (Lipinski definition) is 6. The summed E-state index contributed by atoms with van der Waals surface area (Å²) in [6, 6.07) is 8.89. The topological polar surface area (TPSA) is 125 Å². The number of aromatic amines is 1. The quantitative estimate of drug-likeness (QED) is 0.283. The molecule has 37 heavy (non-hydrogen) atoms. The van der Waals surface area contributed by atoms with Crippen LogP contribution >= 0.6 is 0 Å². The number of fused-ring (bicyclic) bond motifs is 1. The highest BCUT2D eigenvalue weighted by atomic mass is 19.2. The minimum absolute atomic E-state index is 0.0535. The van der Waals surface area contributed by atoms with Gasteiger partial charge in [-0.15, -0.1) is 0 Å². The van der Waals surface area contributed by atoms with Crippen LogP contribution in [0.1, 0.15) is 27.3 Å². The molecule has 1 aliphatic rings. The fourth-order valence-corrected chi connectivity index (χ4v) is 3.65. The summed E-state index contributed by atoms with van der Waals surface area (Å²) in [6.07, 6.45) is 11.2. The molecule has 0 unspecified atom stereocenters. The lowest BCUT2D eigenvalue weighted by molar-refractivity contribution is -0.110. The zero-order valence-corrected chi connectivity index (χ0v) is 19.1. The molecule has 184 valence electrons. The van der Waals surface area contributed by atoms with Gasteiger partial charge in [0.2, 0.25) is 0 Å². The number of halogens is 2. The van der Waals surface area contributed by atoms with Gasteiger partial charge in [-0.25, -0.2) is 18.7 Å².